The van der Waals surface area contributed by atoms with E-state index in [1.54, 1.807) is 6.33 Å². The standard InChI is InChI=1S/C30H31N5O2S/c1-38(36,37)28-24(16-22-10-4-2-5-11-22)19-35(20-25-17-31-21-33-25)30-15-9-8-14-27(30)34-26(18-32-29(28)30)23-12-6-3-7-13-23/h2-15,17-18,21,24,28-29,32H,16,19-20H2,1H3,(H,31,33)/t24-,28?,29?,30?/m0/s1. The van der Waals surface area contributed by atoms with E-state index in [1.165, 1.54) is 6.26 Å². The van der Waals surface area contributed by atoms with E-state index in [9.17, 15) is 8.42 Å². The highest BCUT2D eigenvalue weighted by Crippen LogP contribution is 2.42. The van der Waals surface area contributed by atoms with Gasteiger partial charge >= 0.3 is 0 Å². The third kappa shape index (κ3) is 4.44. The van der Waals surface area contributed by atoms with Crippen LogP contribution in [0.25, 0.3) is 5.70 Å². The molecule has 0 saturated carbocycles. The van der Waals surface area contributed by atoms with Crippen molar-refractivity contribution >= 4 is 21.2 Å². The summed E-state index contributed by atoms with van der Waals surface area (Å²) in [5, 5.41) is 2.96. The molecule has 4 atom stereocenters. The number of likely N-dealkylation sites (tertiary alicyclic amines) is 1. The van der Waals surface area contributed by atoms with Crippen molar-refractivity contribution in [2.24, 2.45) is 10.9 Å². The van der Waals surface area contributed by atoms with Crippen LogP contribution in [0.5, 0.6) is 0 Å². The minimum Gasteiger partial charge on any atom is -0.382 e. The Kier molecular flexibility index (Phi) is 6.37. The van der Waals surface area contributed by atoms with Crippen LogP contribution in [0.15, 0.2) is 109 Å². The van der Waals surface area contributed by atoms with Gasteiger partial charge in [0.05, 0.1) is 29.0 Å². The molecule has 2 aromatic carbocycles. The number of piperidine rings is 1. The van der Waals surface area contributed by atoms with Crippen molar-refractivity contribution < 1.29 is 8.42 Å². The maximum atomic E-state index is 13.6. The van der Waals surface area contributed by atoms with Crippen LogP contribution in [0.2, 0.25) is 0 Å². The normalized spacial score (nSPS) is 26.9. The number of aromatic amines is 1. The van der Waals surface area contributed by atoms with Crippen molar-refractivity contribution in [1.82, 2.24) is 20.2 Å². The van der Waals surface area contributed by atoms with Crippen LogP contribution >= 0.6 is 0 Å². The quantitative estimate of drug-likeness (QED) is 0.511. The number of hydrogen-bond acceptors (Lipinski definition) is 6. The van der Waals surface area contributed by atoms with E-state index >= 15 is 0 Å². The van der Waals surface area contributed by atoms with E-state index in [0.29, 0.717) is 19.5 Å². The van der Waals surface area contributed by atoms with Gasteiger partial charge in [0.15, 0.2) is 9.84 Å². The van der Waals surface area contributed by atoms with Gasteiger partial charge in [-0.15, -0.1) is 0 Å². The van der Waals surface area contributed by atoms with Gasteiger partial charge in [-0.25, -0.2) is 18.4 Å². The Morgan fingerprint density at radius 1 is 1.05 bits per heavy atom. The number of aliphatic imine (C=N–C) groups is 1. The highest BCUT2D eigenvalue weighted by molar-refractivity contribution is 7.91. The van der Waals surface area contributed by atoms with E-state index in [0.717, 1.165) is 28.2 Å². The second kappa shape index (κ2) is 9.85. The Bertz CT molecular complexity index is 1510. The first-order valence-corrected chi connectivity index (χ1v) is 14.8. The zero-order valence-corrected chi connectivity index (χ0v) is 22.1. The molecule has 3 unspecified atom stereocenters. The van der Waals surface area contributed by atoms with Gasteiger partial charge in [0.25, 0.3) is 0 Å². The molecule has 38 heavy (non-hydrogen) atoms. The lowest BCUT2D eigenvalue weighted by Crippen LogP contribution is -2.74. The zero-order chi connectivity index (χ0) is 26.2. The van der Waals surface area contributed by atoms with Gasteiger partial charge in [-0.3, -0.25) is 4.90 Å². The molecule has 1 spiro atoms. The van der Waals surface area contributed by atoms with Gasteiger partial charge in [0.1, 0.15) is 5.54 Å². The second-order valence-electron chi connectivity index (χ2n) is 10.3. The van der Waals surface area contributed by atoms with Crippen LogP contribution in [0.3, 0.4) is 0 Å². The number of imidazole rings is 1. The van der Waals surface area contributed by atoms with Gasteiger partial charge in [-0.1, -0.05) is 78.9 Å². The average molecular weight is 526 g/mol. The van der Waals surface area contributed by atoms with E-state index < -0.39 is 26.7 Å². The van der Waals surface area contributed by atoms with Gasteiger partial charge in [0.2, 0.25) is 0 Å². The van der Waals surface area contributed by atoms with Crippen LogP contribution in [0, 0.1) is 5.92 Å². The Hall–Kier alpha value is -3.75. The summed E-state index contributed by atoms with van der Waals surface area (Å²) >= 11 is 0. The minimum atomic E-state index is -3.46. The van der Waals surface area contributed by atoms with Crippen molar-refractivity contribution in [3.63, 3.8) is 0 Å². The molecule has 1 aliphatic carbocycles. The number of nitrogens with one attached hydrogen (secondary N) is 2. The largest absolute Gasteiger partial charge is 0.382 e. The highest BCUT2D eigenvalue weighted by Gasteiger charge is 2.58. The maximum absolute atomic E-state index is 13.6. The van der Waals surface area contributed by atoms with Crippen LogP contribution in [0.4, 0.5) is 0 Å². The van der Waals surface area contributed by atoms with Crippen LogP contribution in [-0.2, 0) is 22.8 Å². The summed E-state index contributed by atoms with van der Waals surface area (Å²) in [4.78, 5) is 15.0. The summed E-state index contributed by atoms with van der Waals surface area (Å²) in [5.41, 5.74) is 3.91. The number of H-pyrrole nitrogens is 1. The van der Waals surface area contributed by atoms with Crippen LogP contribution in [-0.4, -0.2) is 58.6 Å². The first-order chi connectivity index (χ1) is 18.4. The third-order valence-corrected chi connectivity index (χ3v) is 9.48. The fraction of sp³-hybridized carbons (Fsp3) is 0.267. The number of allylic oxidation sites excluding steroid dienone is 2. The van der Waals surface area contributed by atoms with Crippen molar-refractivity contribution in [3.8, 4) is 0 Å². The van der Waals surface area contributed by atoms with E-state index in [1.807, 2.05) is 79.2 Å². The number of aromatic nitrogens is 2. The molecule has 3 aliphatic rings. The van der Waals surface area contributed by atoms with Gasteiger partial charge in [-0.05, 0) is 24.0 Å². The molecule has 0 bridgehead atoms. The molecule has 8 heteroatoms. The Balaban J connectivity index is 1.52. The molecular formula is C30H31N5O2S. The molecule has 2 N–H and O–H groups in total. The van der Waals surface area contributed by atoms with E-state index in [4.69, 9.17) is 4.99 Å². The molecule has 7 nitrogen and oxygen atoms in total. The topological polar surface area (TPSA) is 90.4 Å². The van der Waals surface area contributed by atoms with Crippen molar-refractivity contribution in [2.45, 2.75) is 29.8 Å². The van der Waals surface area contributed by atoms with Crippen molar-refractivity contribution in [1.29, 1.82) is 0 Å². The molecule has 0 radical (unpaired) electrons. The number of benzene rings is 2. The summed E-state index contributed by atoms with van der Waals surface area (Å²) in [6, 6.07) is 19.7. The fourth-order valence-electron chi connectivity index (χ4n) is 6.26. The predicted molar refractivity (Wildman–Crippen MR) is 151 cm³/mol. The number of sulfone groups is 1. The number of hydrogen-bond donors (Lipinski definition) is 2. The summed E-state index contributed by atoms with van der Waals surface area (Å²) < 4.78 is 27.2. The molecule has 6 rings (SSSR count). The monoisotopic (exact) mass is 525 g/mol. The Morgan fingerprint density at radius 3 is 2.53 bits per heavy atom. The Labute approximate surface area is 223 Å². The molecule has 1 fully saturated rings. The molecule has 1 saturated heterocycles. The van der Waals surface area contributed by atoms with E-state index in [-0.39, 0.29) is 5.92 Å². The summed E-state index contributed by atoms with van der Waals surface area (Å²) in [6.07, 6.45) is 15.6. The van der Waals surface area contributed by atoms with Gasteiger partial charge < -0.3 is 10.3 Å². The first-order valence-electron chi connectivity index (χ1n) is 12.9. The van der Waals surface area contributed by atoms with Gasteiger partial charge in [0, 0.05) is 43.0 Å². The number of nitrogens with zero attached hydrogens (tertiary/aromatic N) is 3. The molecule has 3 aromatic rings. The molecule has 2 aliphatic heterocycles. The maximum Gasteiger partial charge on any atom is 0.152 e. The predicted octanol–water partition coefficient (Wildman–Crippen LogP) is 3.77. The SMILES string of the molecule is CS(=O)(=O)C1C2NC=C(c3ccccc3)N=C3C=CC=CC32N(Cc2cnc[nH]2)C[C@@H]1Cc1ccccc1. The summed E-state index contributed by atoms with van der Waals surface area (Å²) in [6.45, 7) is 1.17. The van der Waals surface area contributed by atoms with Crippen LogP contribution < -0.4 is 5.32 Å². The van der Waals surface area contributed by atoms with Crippen molar-refractivity contribution in [2.75, 3.05) is 12.8 Å². The molecular weight excluding hydrogens is 494 g/mol. The lowest BCUT2D eigenvalue weighted by molar-refractivity contribution is 0.0656. The summed E-state index contributed by atoms with van der Waals surface area (Å²) in [5.74, 6) is -0.134. The molecule has 3 heterocycles. The lowest BCUT2D eigenvalue weighted by atomic mass is 9.71. The summed E-state index contributed by atoms with van der Waals surface area (Å²) in [7, 11) is -3.46. The Morgan fingerprint density at radius 2 is 1.82 bits per heavy atom. The highest BCUT2D eigenvalue weighted by atomic mass is 32.2. The van der Waals surface area contributed by atoms with Crippen LogP contribution in [0.1, 0.15) is 16.8 Å². The van der Waals surface area contributed by atoms with Gasteiger partial charge in [-0.2, -0.15) is 0 Å². The second-order valence-corrected chi connectivity index (χ2v) is 12.5. The third-order valence-electron chi connectivity index (χ3n) is 7.83. The molecule has 1 aromatic heterocycles. The fourth-order valence-corrected chi connectivity index (χ4v) is 7.92. The lowest BCUT2D eigenvalue weighted by Gasteiger charge is -2.55. The van der Waals surface area contributed by atoms with Crippen molar-refractivity contribution in [3.05, 3.63) is 121 Å². The smallest absolute Gasteiger partial charge is 0.152 e. The average Bonchev–Trinajstić information content (AvgIpc) is 3.36. The number of rotatable bonds is 6. The minimum absolute atomic E-state index is 0.134. The van der Waals surface area contributed by atoms with E-state index in [2.05, 4.69) is 38.4 Å². The molecule has 194 valence electrons. The molecule has 0 amide bonds. The zero-order valence-electron chi connectivity index (χ0n) is 21.2. The first kappa shape index (κ1) is 24.6.